The van der Waals surface area contributed by atoms with Crippen molar-refractivity contribution in [3.05, 3.63) is 29.8 Å². The standard InChI is InChI=1S/C15H25N3O/c1-4-14(5-2)18(3)11-15(19)17-13-8-6-7-12(9-13)10-16/h6-9,14H,4-5,10-11,16H2,1-3H3,(H,17,19). The number of nitrogens with two attached hydrogens (primary N) is 1. The van der Waals surface area contributed by atoms with Gasteiger partial charge in [-0.2, -0.15) is 0 Å². The summed E-state index contributed by atoms with van der Waals surface area (Å²) in [5.41, 5.74) is 7.42. The highest BCUT2D eigenvalue weighted by Gasteiger charge is 2.13. The predicted molar refractivity (Wildman–Crippen MR) is 80.0 cm³/mol. The number of rotatable bonds is 7. The van der Waals surface area contributed by atoms with Crippen LogP contribution in [0.1, 0.15) is 32.3 Å². The molecule has 1 aromatic rings. The molecule has 3 N–H and O–H groups in total. The third-order valence-electron chi connectivity index (χ3n) is 3.41. The van der Waals surface area contributed by atoms with Gasteiger partial charge in [-0.3, -0.25) is 9.69 Å². The molecule has 0 saturated heterocycles. The molecule has 0 fully saturated rings. The highest BCUT2D eigenvalue weighted by molar-refractivity contribution is 5.92. The molecule has 4 heteroatoms. The molecule has 19 heavy (non-hydrogen) atoms. The third kappa shape index (κ3) is 5.01. The van der Waals surface area contributed by atoms with Crippen molar-refractivity contribution < 1.29 is 4.79 Å². The van der Waals surface area contributed by atoms with Crippen LogP contribution in [0.25, 0.3) is 0 Å². The third-order valence-corrected chi connectivity index (χ3v) is 3.41. The average molecular weight is 263 g/mol. The molecule has 4 nitrogen and oxygen atoms in total. The highest BCUT2D eigenvalue weighted by atomic mass is 16.2. The van der Waals surface area contributed by atoms with Gasteiger partial charge in [0.15, 0.2) is 0 Å². The maximum Gasteiger partial charge on any atom is 0.238 e. The van der Waals surface area contributed by atoms with Crippen molar-refractivity contribution in [1.82, 2.24) is 4.90 Å². The van der Waals surface area contributed by atoms with E-state index in [1.54, 1.807) is 0 Å². The molecule has 0 bridgehead atoms. The average Bonchev–Trinajstić information content (AvgIpc) is 2.40. The van der Waals surface area contributed by atoms with Crippen LogP contribution in [0, 0.1) is 0 Å². The number of benzene rings is 1. The fourth-order valence-corrected chi connectivity index (χ4v) is 2.24. The minimum atomic E-state index is 0.0172. The lowest BCUT2D eigenvalue weighted by atomic mass is 10.1. The maximum atomic E-state index is 12.0. The number of carbonyl (C=O) groups is 1. The van der Waals surface area contributed by atoms with Crippen LogP contribution in [-0.4, -0.2) is 30.4 Å². The number of nitrogens with zero attached hydrogens (tertiary/aromatic N) is 1. The largest absolute Gasteiger partial charge is 0.326 e. The van der Waals surface area contributed by atoms with Crippen molar-refractivity contribution in [2.24, 2.45) is 5.73 Å². The van der Waals surface area contributed by atoms with Gasteiger partial charge in [0.1, 0.15) is 0 Å². The van der Waals surface area contributed by atoms with E-state index in [9.17, 15) is 4.79 Å². The van der Waals surface area contributed by atoms with Crippen LogP contribution in [0.3, 0.4) is 0 Å². The summed E-state index contributed by atoms with van der Waals surface area (Å²) >= 11 is 0. The zero-order valence-electron chi connectivity index (χ0n) is 12.1. The first-order chi connectivity index (χ1) is 9.10. The molecule has 1 amide bonds. The van der Waals surface area contributed by atoms with E-state index < -0.39 is 0 Å². The minimum Gasteiger partial charge on any atom is -0.326 e. The summed E-state index contributed by atoms with van der Waals surface area (Å²) in [6.07, 6.45) is 2.12. The summed E-state index contributed by atoms with van der Waals surface area (Å²) in [6, 6.07) is 8.11. The molecule has 0 aliphatic carbocycles. The molecule has 0 saturated carbocycles. The van der Waals surface area contributed by atoms with Gasteiger partial charge in [0.2, 0.25) is 5.91 Å². The van der Waals surface area contributed by atoms with Crippen molar-refractivity contribution in [3.63, 3.8) is 0 Å². The first kappa shape index (κ1) is 15.7. The smallest absolute Gasteiger partial charge is 0.238 e. The van der Waals surface area contributed by atoms with Crippen LogP contribution < -0.4 is 11.1 Å². The normalized spacial score (nSPS) is 11.1. The second kappa shape index (κ2) is 7.92. The SMILES string of the molecule is CCC(CC)N(C)CC(=O)Nc1cccc(CN)c1. The van der Waals surface area contributed by atoms with Crippen molar-refractivity contribution in [2.75, 3.05) is 18.9 Å². The van der Waals surface area contributed by atoms with E-state index >= 15 is 0 Å². The number of hydrogen-bond acceptors (Lipinski definition) is 3. The van der Waals surface area contributed by atoms with Gasteiger partial charge in [0, 0.05) is 18.3 Å². The number of likely N-dealkylation sites (N-methyl/N-ethyl adjacent to an activating group) is 1. The fourth-order valence-electron chi connectivity index (χ4n) is 2.24. The molecule has 0 unspecified atom stereocenters. The van der Waals surface area contributed by atoms with Gasteiger partial charge in [-0.05, 0) is 37.6 Å². The number of amides is 1. The van der Waals surface area contributed by atoms with E-state index in [1.165, 1.54) is 0 Å². The fraction of sp³-hybridized carbons (Fsp3) is 0.533. The summed E-state index contributed by atoms with van der Waals surface area (Å²) < 4.78 is 0. The monoisotopic (exact) mass is 263 g/mol. The molecule has 1 aromatic carbocycles. The molecule has 1 rings (SSSR count). The maximum absolute atomic E-state index is 12.0. The van der Waals surface area contributed by atoms with Gasteiger partial charge >= 0.3 is 0 Å². The van der Waals surface area contributed by atoms with Crippen molar-refractivity contribution in [2.45, 2.75) is 39.3 Å². The summed E-state index contributed by atoms with van der Waals surface area (Å²) in [4.78, 5) is 14.1. The minimum absolute atomic E-state index is 0.0172. The van der Waals surface area contributed by atoms with Crippen LogP contribution in [0.4, 0.5) is 5.69 Å². The molecule has 0 spiro atoms. The molecule has 0 atom stereocenters. The summed E-state index contributed by atoms with van der Waals surface area (Å²) in [6.45, 7) is 5.19. The molecular weight excluding hydrogens is 238 g/mol. The summed E-state index contributed by atoms with van der Waals surface area (Å²) in [5, 5.41) is 2.91. The van der Waals surface area contributed by atoms with Crippen LogP contribution in [-0.2, 0) is 11.3 Å². The van der Waals surface area contributed by atoms with E-state index in [-0.39, 0.29) is 5.91 Å². The van der Waals surface area contributed by atoms with Gasteiger partial charge in [-0.1, -0.05) is 26.0 Å². The molecule has 0 radical (unpaired) electrons. The van der Waals surface area contributed by atoms with E-state index in [1.807, 2.05) is 31.3 Å². The lowest BCUT2D eigenvalue weighted by Crippen LogP contribution is -2.37. The van der Waals surface area contributed by atoms with Crippen molar-refractivity contribution in [1.29, 1.82) is 0 Å². The van der Waals surface area contributed by atoms with Crippen LogP contribution in [0.15, 0.2) is 24.3 Å². The first-order valence-electron chi connectivity index (χ1n) is 6.89. The second-order valence-electron chi connectivity index (χ2n) is 4.84. The zero-order valence-corrected chi connectivity index (χ0v) is 12.1. The molecule has 0 aliphatic rings. The predicted octanol–water partition coefficient (Wildman–Crippen LogP) is 2.20. The summed E-state index contributed by atoms with van der Waals surface area (Å²) in [5.74, 6) is 0.0172. The quantitative estimate of drug-likeness (QED) is 0.793. The van der Waals surface area contributed by atoms with Crippen LogP contribution in [0.5, 0.6) is 0 Å². The van der Waals surface area contributed by atoms with Gasteiger partial charge in [0.05, 0.1) is 6.54 Å². The Morgan fingerprint density at radius 3 is 2.63 bits per heavy atom. The Bertz CT molecular complexity index is 402. The molecule has 0 heterocycles. The molecular formula is C15H25N3O. The number of anilines is 1. The Morgan fingerprint density at radius 2 is 2.05 bits per heavy atom. The van der Waals surface area contributed by atoms with Crippen molar-refractivity contribution in [3.8, 4) is 0 Å². The molecule has 0 aliphatic heterocycles. The van der Waals surface area contributed by atoms with E-state index in [0.29, 0.717) is 19.1 Å². The van der Waals surface area contributed by atoms with Crippen LogP contribution in [0.2, 0.25) is 0 Å². The van der Waals surface area contributed by atoms with E-state index in [2.05, 4.69) is 24.1 Å². The number of carbonyl (C=O) groups excluding carboxylic acids is 1. The Balaban J connectivity index is 2.54. The van der Waals surface area contributed by atoms with Gasteiger partial charge in [-0.25, -0.2) is 0 Å². The Labute approximate surface area is 116 Å². The zero-order chi connectivity index (χ0) is 14.3. The lowest BCUT2D eigenvalue weighted by Gasteiger charge is -2.25. The van der Waals surface area contributed by atoms with Gasteiger partial charge < -0.3 is 11.1 Å². The second-order valence-corrected chi connectivity index (χ2v) is 4.84. The summed E-state index contributed by atoms with van der Waals surface area (Å²) in [7, 11) is 1.99. The Hall–Kier alpha value is -1.39. The van der Waals surface area contributed by atoms with Crippen molar-refractivity contribution >= 4 is 11.6 Å². The lowest BCUT2D eigenvalue weighted by molar-refractivity contribution is -0.117. The first-order valence-corrected chi connectivity index (χ1v) is 6.89. The molecule has 0 aromatic heterocycles. The Morgan fingerprint density at radius 1 is 1.37 bits per heavy atom. The highest BCUT2D eigenvalue weighted by Crippen LogP contribution is 2.11. The van der Waals surface area contributed by atoms with Gasteiger partial charge in [0.25, 0.3) is 0 Å². The molecule has 106 valence electrons. The Kier molecular flexibility index (Phi) is 6.53. The van der Waals surface area contributed by atoms with E-state index in [0.717, 1.165) is 24.1 Å². The topological polar surface area (TPSA) is 58.4 Å². The number of nitrogens with one attached hydrogen (secondary N) is 1. The van der Waals surface area contributed by atoms with Crippen LogP contribution >= 0.6 is 0 Å². The van der Waals surface area contributed by atoms with E-state index in [4.69, 9.17) is 5.73 Å². The number of hydrogen-bond donors (Lipinski definition) is 2. The van der Waals surface area contributed by atoms with Gasteiger partial charge in [-0.15, -0.1) is 0 Å².